The van der Waals surface area contributed by atoms with Gasteiger partial charge in [-0.1, -0.05) is 0 Å². The summed E-state index contributed by atoms with van der Waals surface area (Å²) in [5.74, 6) is 1.16. The van der Waals surface area contributed by atoms with Crippen molar-refractivity contribution in [2.45, 2.75) is 26.3 Å². The molecule has 0 radical (unpaired) electrons. The Bertz CT molecular complexity index is 1080. The van der Waals surface area contributed by atoms with Crippen LogP contribution in [0.2, 0.25) is 0 Å². The molecule has 28 heavy (non-hydrogen) atoms. The molecule has 0 unspecified atom stereocenters. The number of fused-ring (bicyclic) bond motifs is 2. The standard InChI is InChI=1S/C20H20FN5O2/c1-2-26-17(27)10-28-16-7-13(8-22-20(16)26)24-14-5-6-15-19(18(14)21)25(11-23-15)9-12-3-4-12/h5-8,11-12,24H,2-4,9-10H2,1H3. The Morgan fingerprint density at radius 2 is 2.18 bits per heavy atom. The van der Waals surface area contributed by atoms with Crippen molar-refractivity contribution in [2.75, 3.05) is 23.4 Å². The van der Waals surface area contributed by atoms with E-state index in [0.29, 0.717) is 46.4 Å². The molecule has 0 bridgehead atoms. The van der Waals surface area contributed by atoms with Crippen molar-refractivity contribution < 1.29 is 13.9 Å². The maximum absolute atomic E-state index is 15.2. The smallest absolute Gasteiger partial charge is 0.266 e. The average Bonchev–Trinajstić information content (AvgIpc) is 3.42. The average molecular weight is 381 g/mol. The van der Waals surface area contributed by atoms with E-state index in [1.54, 1.807) is 29.6 Å². The van der Waals surface area contributed by atoms with Crippen molar-refractivity contribution >= 4 is 34.1 Å². The Morgan fingerprint density at radius 1 is 1.32 bits per heavy atom. The van der Waals surface area contributed by atoms with Crippen LogP contribution < -0.4 is 15.0 Å². The van der Waals surface area contributed by atoms with Crippen molar-refractivity contribution in [3.63, 3.8) is 0 Å². The van der Waals surface area contributed by atoms with Gasteiger partial charge in [0.05, 0.1) is 29.4 Å². The molecule has 1 aromatic carbocycles. The number of carbonyl (C=O) groups is 1. The molecule has 1 amide bonds. The molecule has 7 nitrogen and oxygen atoms in total. The summed E-state index contributed by atoms with van der Waals surface area (Å²) in [4.78, 5) is 22.1. The van der Waals surface area contributed by atoms with Gasteiger partial charge in [0.25, 0.3) is 5.91 Å². The summed E-state index contributed by atoms with van der Waals surface area (Å²) in [6, 6.07) is 5.22. The molecule has 1 fully saturated rings. The molecular weight excluding hydrogens is 361 g/mol. The Balaban J connectivity index is 1.47. The zero-order valence-corrected chi connectivity index (χ0v) is 15.5. The van der Waals surface area contributed by atoms with Crippen LogP contribution in [0.15, 0.2) is 30.7 Å². The molecule has 1 N–H and O–H groups in total. The zero-order valence-electron chi connectivity index (χ0n) is 15.5. The van der Waals surface area contributed by atoms with Crippen LogP contribution in [0, 0.1) is 11.7 Å². The molecule has 8 heteroatoms. The van der Waals surface area contributed by atoms with Gasteiger partial charge in [0.2, 0.25) is 0 Å². The summed E-state index contributed by atoms with van der Waals surface area (Å²) >= 11 is 0. The van der Waals surface area contributed by atoms with E-state index in [2.05, 4.69) is 15.3 Å². The number of likely N-dealkylation sites (N-methyl/N-ethyl adjacent to an activating group) is 1. The maximum Gasteiger partial charge on any atom is 0.266 e. The van der Waals surface area contributed by atoms with Crippen molar-refractivity contribution in [3.05, 3.63) is 36.5 Å². The number of imidazole rings is 1. The lowest BCUT2D eigenvalue weighted by Crippen LogP contribution is -2.39. The van der Waals surface area contributed by atoms with Crippen LogP contribution in [0.4, 0.5) is 21.6 Å². The van der Waals surface area contributed by atoms with Gasteiger partial charge in [0.15, 0.2) is 24.0 Å². The number of pyridine rings is 1. The number of nitrogens with one attached hydrogen (secondary N) is 1. The molecule has 2 aromatic heterocycles. The molecule has 144 valence electrons. The quantitative estimate of drug-likeness (QED) is 0.733. The molecule has 2 aliphatic rings. The van der Waals surface area contributed by atoms with Gasteiger partial charge in [-0.25, -0.2) is 14.4 Å². The second-order valence-corrected chi connectivity index (χ2v) is 7.23. The molecule has 5 rings (SSSR count). The summed E-state index contributed by atoms with van der Waals surface area (Å²) in [6.07, 6.45) is 5.67. The first-order valence-electron chi connectivity index (χ1n) is 9.47. The maximum atomic E-state index is 15.2. The number of hydrogen-bond donors (Lipinski definition) is 1. The predicted octanol–water partition coefficient (Wildman–Crippen LogP) is 3.47. The molecule has 1 aliphatic carbocycles. The predicted molar refractivity (Wildman–Crippen MR) is 103 cm³/mol. The second-order valence-electron chi connectivity index (χ2n) is 7.23. The number of nitrogens with zero attached hydrogens (tertiary/aromatic N) is 4. The molecule has 0 saturated heterocycles. The topological polar surface area (TPSA) is 72.3 Å². The molecule has 3 aromatic rings. The van der Waals surface area contributed by atoms with Crippen LogP contribution in [0.5, 0.6) is 5.75 Å². The van der Waals surface area contributed by atoms with Crippen molar-refractivity contribution in [1.29, 1.82) is 0 Å². The van der Waals surface area contributed by atoms with Gasteiger partial charge >= 0.3 is 0 Å². The fraction of sp³-hybridized carbons (Fsp3) is 0.350. The van der Waals surface area contributed by atoms with E-state index in [1.165, 1.54) is 12.8 Å². The molecular formula is C20H20FN5O2. The van der Waals surface area contributed by atoms with E-state index >= 15 is 4.39 Å². The third kappa shape index (κ3) is 2.85. The largest absolute Gasteiger partial charge is 0.480 e. The van der Waals surface area contributed by atoms with E-state index in [1.807, 2.05) is 17.6 Å². The number of carbonyl (C=O) groups excluding carboxylic acids is 1. The SMILES string of the molecule is CCN1C(=O)COc2cc(Nc3ccc4ncn(CC5CC5)c4c3F)cnc21. The van der Waals surface area contributed by atoms with Crippen molar-refractivity contribution in [2.24, 2.45) is 5.92 Å². The van der Waals surface area contributed by atoms with Crippen LogP contribution in [0.25, 0.3) is 11.0 Å². The Kier molecular flexibility index (Phi) is 3.92. The summed E-state index contributed by atoms with van der Waals surface area (Å²) in [6.45, 7) is 3.18. The first-order valence-corrected chi connectivity index (χ1v) is 9.47. The monoisotopic (exact) mass is 381 g/mol. The first-order chi connectivity index (χ1) is 13.6. The fourth-order valence-electron chi connectivity index (χ4n) is 3.57. The Morgan fingerprint density at radius 3 is 2.96 bits per heavy atom. The van der Waals surface area contributed by atoms with Gasteiger partial charge in [-0.2, -0.15) is 0 Å². The number of rotatable bonds is 5. The Hall–Kier alpha value is -3.16. The van der Waals surface area contributed by atoms with Crippen LogP contribution >= 0.6 is 0 Å². The van der Waals surface area contributed by atoms with Crippen LogP contribution in [0.3, 0.4) is 0 Å². The third-order valence-electron chi connectivity index (χ3n) is 5.21. The number of anilines is 3. The number of ether oxygens (including phenoxy) is 1. The first kappa shape index (κ1) is 17.0. The number of aromatic nitrogens is 3. The summed E-state index contributed by atoms with van der Waals surface area (Å²) in [5.41, 5.74) is 2.11. The lowest BCUT2D eigenvalue weighted by atomic mass is 10.2. The third-order valence-corrected chi connectivity index (χ3v) is 5.21. The van der Waals surface area contributed by atoms with Gasteiger partial charge in [-0.3, -0.25) is 9.69 Å². The van der Waals surface area contributed by atoms with E-state index in [0.717, 1.165) is 6.54 Å². The van der Waals surface area contributed by atoms with Gasteiger partial charge in [-0.05, 0) is 37.8 Å². The molecule has 1 aliphatic heterocycles. The number of hydrogen-bond acceptors (Lipinski definition) is 5. The van der Waals surface area contributed by atoms with E-state index in [4.69, 9.17) is 4.74 Å². The highest BCUT2D eigenvalue weighted by Crippen LogP contribution is 2.35. The molecule has 0 atom stereocenters. The summed E-state index contributed by atoms with van der Waals surface area (Å²) in [7, 11) is 0. The zero-order chi connectivity index (χ0) is 19.3. The van der Waals surface area contributed by atoms with E-state index in [-0.39, 0.29) is 18.3 Å². The fourth-order valence-corrected chi connectivity index (χ4v) is 3.57. The van der Waals surface area contributed by atoms with Gasteiger partial charge in [0, 0.05) is 19.2 Å². The Labute approximate surface area is 161 Å². The lowest BCUT2D eigenvalue weighted by Gasteiger charge is -2.27. The second kappa shape index (κ2) is 6.47. The highest BCUT2D eigenvalue weighted by molar-refractivity contribution is 5.97. The van der Waals surface area contributed by atoms with E-state index < -0.39 is 0 Å². The highest BCUT2D eigenvalue weighted by Gasteiger charge is 2.26. The number of amides is 1. The van der Waals surface area contributed by atoms with Crippen LogP contribution in [-0.2, 0) is 11.3 Å². The normalized spacial score (nSPS) is 16.2. The minimum atomic E-state index is -0.334. The molecule has 1 saturated carbocycles. The summed E-state index contributed by atoms with van der Waals surface area (Å²) < 4.78 is 22.6. The van der Waals surface area contributed by atoms with Gasteiger partial charge < -0.3 is 14.6 Å². The van der Waals surface area contributed by atoms with Crippen LogP contribution in [0.1, 0.15) is 19.8 Å². The van der Waals surface area contributed by atoms with Crippen LogP contribution in [-0.4, -0.2) is 33.6 Å². The number of halogens is 1. The van der Waals surface area contributed by atoms with Crippen molar-refractivity contribution in [1.82, 2.24) is 14.5 Å². The minimum Gasteiger partial charge on any atom is -0.480 e. The summed E-state index contributed by atoms with van der Waals surface area (Å²) in [5, 5.41) is 3.08. The highest BCUT2D eigenvalue weighted by atomic mass is 19.1. The van der Waals surface area contributed by atoms with Crippen molar-refractivity contribution in [3.8, 4) is 5.75 Å². The minimum absolute atomic E-state index is 0.0212. The van der Waals surface area contributed by atoms with Gasteiger partial charge in [0.1, 0.15) is 5.52 Å². The number of benzene rings is 1. The lowest BCUT2D eigenvalue weighted by molar-refractivity contribution is -0.121. The molecule has 0 spiro atoms. The van der Waals surface area contributed by atoms with Gasteiger partial charge in [-0.15, -0.1) is 0 Å². The van der Waals surface area contributed by atoms with E-state index in [9.17, 15) is 4.79 Å². The molecule has 3 heterocycles.